The summed E-state index contributed by atoms with van der Waals surface area (Å²) in [5.74, 6) is 4.51. The van der Waals surface area contributed by atoms with E-state index >= 15 is 0 Å². The Morgan fingerprint density at radius 1 is 1.27 bits per heavy atom. The maximum Gasteiger partial charge on any atom is -0.0238 e. The Morgan fingerprint density at radius 2 is 2.09 bits per heavy atom. The van der Waals surface area contributed by atoms with E-state index in [-0.39, 0.29) is 0 Å². The van der Waals surface area contributed by atoms with E-state index in [1.807, 2.05) is 0 Å². The summed E-state index contributed by atoms with van der Waals surface area (Å²) in [5, 5.41) is 0. The molecule has 0 heteroatoms. The molecule has 62 valence electrons. The highest BCUT2D eigenvalue weighted by molar-refractivity contribution is 5.14. The third kappa shape index (κ3) is 0.522. The van der Waals surface area contributed by atoms with E-state index in [9.17, 15) is 0 Å². The van der Waals surface area contributed by atoms with Crippen molar-refractivity contribution in [3.63, 3.8) is 0 Å². The first-order valence-corrected chi connectivity index (χ1v) is 5.24. The van der Waals surface area contributed by atoms with E-state index in [2.05, 4.69) is 13.8 Å². The molecule has 0 nitrogen and oxygen atoms in total. The first-order valence-electron chi connectivity index (χ1n) is 5.24. The molecule has 0 N–H and O–H groups in total. The van der Waals surface area contributed by atoms with Crippen LogP contribution < -0.4 is 0 Å². The molecule has 0 heterocycles. The van der Waals surface area contributed by atoms with Gasteiger partial charge in [-0.25, -0.2) is 0 Å². The van der Waals surface area contributed by atoms with Crippen LogP contribution in [0, 0.1) is 29.1 Å². The Balaban J connectivity index is 1.77. The Kier molecular flexibility index (Phi) is 0.990. The fourth-order valence-corrected chi connectivity index (χ4v) is 4.04. The Morgan fingerprint density at radius 3 is 2.36 bits per heavy atom. The van der Waals surface area contributed by atoms with Crippen molar-refractivity contribution < 1.29 is 0 Å². The molecule has 0 saturated heterocycles. The molecular weight excluding hydrogens is 132 g/mol. The molecule has 11 heavy (non-hydrogen) atoms. The second-order valence-corrected chi connectivity index (χ2v) is 5.36. The topological polar surface area (TPSA) is 0 Å². The van der Waals surface area contributed by atoms with E-state index in [0.717, 1.165) is 23.2 Å². The van der Waals surface area contributed by atoms with Crippen molar-refractivity contribution in [1.82, 2.24) is 0 Å². The van der Waals surface area contributed by atoms with Crippen molar-refractivity contribution in [1.29, 1.82) is 0 Å². The summed E-state index contributed by atoms with van der Waals surface area (Å²) < 4.78 is 0. The average Bonchev–Trinajstić information content (AvgIpc) is 1.97. The normalized spacial score (nSPS) is 66.0. The Bertz CT molecular complexity index is 196. The molecule has 3 aliphatic rings. The third-order valence-electron chi connectivity index (χ3n) is 5.25. The highest BCUT2D eigenvalue weighted by Gasteiger charge is 2.65. The molecule has 0 aromatic rings. The van der Waals surface area contributed by atoms with E-state index in [1.54, 1.807) is 19.3 Å². The molecule has 5 atom stereocenters. The van der Waals surface area contributed by atoms with Gasteiger partial charge in [-0.05, 0) is 54.8 Å². The summed E-state index contributed by atoms with van der Waals surface area (Å²) in [6.07, 6.45) is 6.26. The van der Waals surface area contributed by atoms with Gasteiger partial charge in [0.15, 0.2) is 0 Å². The highest BCUT2D eigenvalue weighted by Crippen LogP contribution is 2.73. The minimum Gasteiger partial charge on any atom is -0.0622 e. The molecule has 5 unspecified atom stereocenters. The first-order chi connectivity index (χ1) is 5.24. The fraction of sp³-hybridized carbons (Fsp3) is 1.00. The van der Waals surface area contributed by atoms with Crippen LogP contribution in [0.15, 0.2) is 0 Å². The molecule has 3 fully saturated rings. The summed E-state index contributed by atoms with van der Waals surface area (Å²) in [6, 6.07) is 0. The lowest BCUT2D eigenvalue weighted by Crippen LogP contribution is -2.64. The van der Waals surface area contributed by atoms with Crippen LogP contribution in [0.3, 0.4) is 0 Å². The van der Waals surface area contributed by atoms with Crippen molar-refractivity contribution in [3.8, 4) is 0 Å². The fourth-order valence-electron chi connectivity index (χ4n) is 4.04. The minimum atomic E-state index is 0.900. The molecule has 0 aromatic heterocycles. The predicted molar refractivity (Wildman–Crippen MR) is 46.2 cm³/mol. The lowest BCUT2D eigenvalue weighted by atomic mass is 9.33. The summed E-state index contributed by atoms with van der Waals surface area (Å²) in [5.41, 5.74) is 0.900. The molecule has 0 bridgehead atoms. The molecule has 1 spiro atoms. The van der Waals surface area contributed by atoms with E-state index in [1.165, 1.54) is 12.3 Å². The van der Waals surface area contributed by atoms with Gasteiger partial charge in [-0.2, -0.15) is 0 Å². The van der Waals surface area contributed by atoms with Gasteiger partial charge >= 0.3 is 0 Å². The maximum absolute atomic E-state index is 2.47. The van der Waals surface area contributed by atoms with Crippen molar-refractivity contribution in [2.45, 2.75) is 39.5 Å². The van der Waals surface area contributed by atoms with Gasteiger partial charge in [0, 0.05) is 0 Å². The van der Waals surface area contributed by atoms with Crippen LogP contribution in [0.4, 0.5) is 0 Å². The zero-order valence-corrected chi connectivity index (χ0v) is 7.64. The van der Waals surface area contributed by atoms with Gasteiger partial charge in [-0.3, -0.25) is 0 Å². The van der Waals surface area contributed by atoms with Crippen LogP contribution in [-0.2, 0) is 0 Å². The van der Waals surface area contributed by atoms with Gasteiger partial charge < -0.3 is 0 Å². The van der Waals surface area contributed by atoms with Crippen LogP contribution in [0.2, 0.25) is 0 Å². The molecule has 0 aliphatic heterocycles. The summed E-state index contributed by atoms with van der Waals surface area (Å²) in [6.45, 7) is 4.92. The van der Waals surface area contributed by atoms with Crippen molar-refractivity contribution in [3.05, 3.63) is 0 Å². The van der Waals surface area contributed by atoms with Crippen molar-refractivity contribution in [2.24, 2.45) is 29.1 Å². The molecular formula is C11H18. The van der Waals surface area contributed by atoms with Crippen LogP contribution in [-0.4, -0.2) is 0 Å². The monoisotopic (exact) mass is 150 g/mol. The maximum atomic E-state index is 2.47. The smallest absolute Gasteiger partial charge is 0.0238 e. The van der Waals surface area contributed by atoms with Gasteiger partial charge in [-0.15, -0.1) is 0 Å². The van der Waals surface area contributed by atoms with Crippen LogP contribution in [0.5, 0.6) is 0 Å². The second-order valence-electron chi connectivity index (χ2n) is 5.36. The SMILES string of the molecule is CC1CC2C1CC21CCC1C. The molecule has 0 aromatic carbocycles. The van der Waals surface area contributed by atoms with E-state index < -0.39 is 0 Å². The van der Waals surface area contributed by atoms with Gasteiger partial charge in [0.25, 0.3) is 0 Å². The Labute approximate surface area is 69.4 Å². The predicted octanol–water partition coefficient (Wildman–Crippen LogP) is 3.08. The molecule has 0 amide bonds. The van der Waals surface area contributed by atoms with Crippen LogP contribution >= 0.6 is 0 Å². The largest absolute Gasteiger partial charge is 0.0622 e. The number of fused-ring (bicyclic) bond motifs is 2. The van der Waals surface area contributed by atoms with E-state index in [0.29, 0.717) is 0 Å². The molecule has 3 rings (SSSR count). The standard InChI is InChI=1S/C11H18/c1-7-5-10-9(7)6-11(10)4-3-8(11)2/h7-10H,3-6H2,1-2H3. The lowest BCUT2D eigenvalue weighted by Gasteiger charge is -2.72. The van der Waals surface area contributed by atoms with Crippen LogP contribution in [0.1, 0.15) is 39.5 Å². The summed E-state index contributed by atoms with van der Waals surface area (Å²) in [7, 11) is 0. The third-order valence-corrected chi connectivity index (χ3v) is 5.25. The highest BCUT2D eigenvalue weighted by atomic mass is 14.7. The molecule has 0 radical (unpaired) electrons. The Hall–Kier alpha value is 0. The summed E-state index contributed by atoms with van der Waals surface area (Å²) in [4.78, 5) is 0. The zero-order valence-electron chi connectivity index (χ0n) is 7.64. The van der Waals surface area contributed by atoms with Gasteiger partial charge in [-0.1, -0.05) is 13.8 Å². The van der Waals surface area contributed by atoms with Gasteiger partial charge in [0.2, 0.25) is 0 Å². The minimum absolute atomic E-state index is 0.900. The van der Waals surface area contributed by atoms with Crippen LogP contribution in [0.25, 0.3) is 0 Å². The average molecular weight is 150 g/mol. The van der Waals surface area contributed by atoms with Crippen molar-refractivity contribution in [2.75, 3.05) is 0 Å². The number of hydrogen-bond acceptors (Lipinski definition) is 0. The molecule has 3 aliphatic carbocycles. The molecule has 3 saturated carbocycles. The zero-order chi connectivity index (χ0) is 7.64. The van der Waals surface area contributed by atoms with Crippen molar-refractivity contribution >= 4 is 0 Å². The summed E-state index contributed by atoms with van der Waals surface area (Å²) >= 11 is 0. The lowest BCUT2D eigenvalue weighted by molar-refractivity contribution is -0.227. The van der Waals surface area contributed by atoms with Gasteiger partial charge in [0.1, 0.15) is 0 Å². The number of hydrogen-bond donors (Lipinski definition) is 0. The first kappa shape index (κ1) is 6.51. The number of rotatable bonds is 0. The van der Waals surface area contributed by atoms with Gasteiger partial charge in [0.05, 0.1) is 0 Å². The second kappa shape index (κ2) is 1.67. The van der Waals surface area contributed by atoms with E-state index in [4.69, 9.17) is 0 Å². The quantitative estimate of drug-likeness (QED) is 0.498.